The number of carbonyl (C=O) groups excluding carboxylic acids is 1. The van der Waals surface area contributed by atoms with Crippen molar-refractivity contribution in [3.05, 3.63) is 0 Å². The van der Waals surface area contributed by atoms with Crippen LogP contribution < -0.4 is 5.32 Å². The molecule has 0 atom stereocenters. The normalized spacial score (nSPS) is 20.8. The molecule has 0 spiro atoms. The van der Waals surface area contributed by atoms with Crippen molar-refractivity contribution in [1.82, 2.24) is 20.0 Å². The van der Waals surface area contributed by atoms with Gasteiger partial charge in [-0.15, -0.1) is 0 Å². The van der Waals surface area contributed by atoms with Gasteiger partial charge in [0.25, 0.3) is 0 Å². The lowest BCUT2D eigenvalue weighted by molar-refractivity contribution is -0.118. The number of Topliss-reactive ketones (excluding diaryl/α,β-unsaturated/α-hetero) is 1. The molecule has 154 valence electrons. The van der Waals surface area contributed by atoms with Gasteiger partial charge in [0.2, 0.25) is 0 Å². The molecule has 0 bridgehead atoms. The topological polar surface area (TPSA) is 38.8 Å². The first-order chi connectivity index (χ1) is 12.5. The summed E-state index contributed by atoms with van der Waals surface area (Å²) in [5.41, 5.74) is 0. The molecular weight excluding hydrogens is 324 g/mol. The molecule has 2 aliphatic heterocycles. The summed E-state index contributed by atoms with van der Waals surface area (Å²) in [6, 6.07) is 0.601. The Morgan fingerprint density at radius 3 is 2.08 bits per heavy atom. The van der Waals surface area contributed by atoms with E-state index >= 15 is 0 Å². The van der Waals surface area contributed by atoms with Crippen LogP contribution in [0.5, 0.6) is 0 Å². The fraction of sp³-hybridized carbons (Fsp3) is 0.952. The van der Waals surface area contributed by atoms with Gasteiger partial charge in [-0.05, 0) is 58.3 Å². The lowest BCUT2D eigenvalue weighted by atomic mass is 9.95. The van der Waals surface area contributed by atoms with E-state index in [-0.39, 0.29) is 0 Å². The second-order valence-electron chi connectivity index (χ2n) is 8.03. The maximum absolute atomic E-state index is 11.2. The molecule has 0 amide bonds. The molecule has 0 unspecified atom stereocenters. The average Bonchev–Trinajstić information content (AvgIpc) is 2.63. The molecule has 0 aromatic carbocycles. The molecule has 0 aliphatic carbocycles. The second kappa shape index (κ2) is 13.6. The van der Waals surface area contributed by atoms with Crippen LogP contribution in [0.1, 0.15) is 53.9 Å². The molecule has 2 rings (SSSR count). The molecule has 1 N–H and O–H groups in total. The summed E-state index contributed by atoms with van der Waals surface area (Å²) < 4.78 is 0. The van der Waals surface area contributed by atoms with E-state index in [2.05, 4.69) is 33.9 Å². The number of hydrogen-bond acceptors (Lipinski definition) is 5. The fourth-order valence-electron chi connectivity index (χ4n) is 3.90. The van der Waals surface area contributed by atoms with Crippen LogP contribution in [0.15, 0.2) is 0 Å². The maximum Gasteiger partial charge on any atom is 0.143 e. The lowest BCUT2D eigenvalue weighted by Crippen LogP contribution is -2.49. The largest absolute Gasteiger partial charge is 0.314 e. The summed E-state index contributed by atoms with van der Waals surface area (Å²) in [7, 11) is 0. The number of ketones is 1. The molecule has 0 aromatic rings. The van der Waals surface area contributed by atoms with Crippen LogP contribution >= 0.6 is 0 Å². The lowest BCUT2D eigenvalue weighted by Gasteiger charge is -2.38. The zero-order chi connectivity index (χ0) is 19.4. The highest BCUT2D eigenvalue weighted by atomic mass is 16.1. The first kappa shape index (κ1) is 23.5. The van der Waals surface area contributed by atoms with E-state index in [1.807, 2.05) is 13.8 Å². The molecule has 26 heavy (non-hydrogen) atoms. The molecular formula is C21H44N4O. The van der Waals surface area contributed by atoms with Gasteiger partial charge < -0.3 is 15.1 Å². The molecule has 5 nitrogen and oxygen atoms in total. The number of piperidine rings is 1. The first-order valence-corrected chi connectivity index (χ1v) is 10.9. The van der Waals surface area contributed by atoms with E-state index in [0.29, 0.717) is 18.4 Å². The number of rotatable bonds is 9. The van der Waals surface area contributed by atoms with Crippen molar-refractivity contribution in [2.75, 3.05) is 65.4 Å². The van der Waals surface area contributed by atoms with Crippen LogP contribution in [0.4, 0.5) is 0 Å². The van der Waals surface area contributed by atoms with Crippen molar-refractivity contribution in [2.24, 2.45) is 5.92 Å². The average molecular weight is 369 g/mol. The zero-order valence-electron chi connectivity index (χ0n) is 18.1. The Bertz CT molecular complexity index is 359. The Kier molecular flexibility index (Phi) is 12.4. The van der Waals surface area contributed by atoms with Crippen LogP contribution in [0.2, 0.25) is 0 Å². The minimum absolute atomic E-state index is 0.299. The zero-order valence-corrected chi connectivity index (χ0v) is 18.1. The van der Waals surface area contributed by atoms with Crippen LogP contribution in [-0.2, 0) is 4.79 Å². The Morgan fingerprint density at radius 1 is 0.962 bits per heavy atom. The number of carbonyl (C=O) groups is 1. The summed E-state index contributed by atoms with van der Waals surface area (Å²) in [5, 5.41) is 3.50. The van der Waals surface area contributed by atoms with Crippen LogP contribution in [0.3, 0.4) is 0 Å². The van der Waals surface area contributed by atoms with E-state index in [0.717, 1.165) is 25.6 Å². The van der Waals surface area contributed by atoms with Crippen molar-refractivity contribution in [1.29, 1.82) is 0 Å². The van der Waals surface area contributed by atoms with Crippen molar-refractivity contribution < 1.29 is 4.79 Å². The molecule has 5 heteroatoms. The van der Waals surface area contributed by atoms with Gasteiger partial charge in [0, 0.05) is 38.8 Å². The highest BCUT2D eigenvalue weighted by Crippen LogP contribution is 2.19. The van der Waals surface area contributed by atoms with Gasteiger partial charge in [-0.3, -0.25) is 9.69 Å². The predicted molar refractivity (Wildman–Crippen MR) is 112 cm³/mol. The standard InChI is InChI=1S/C19H38N4O.C2H6/c1-17(2)20-7-4-8-21-11-13-23(14-12-21)16-19-5-9-22(10-6-19)15-18(3)24;1-2/h17,19-20H,4-16H2,1-3H3;1-2H3. The number of nitrogens with one attached hydrogen (secondary N) is 1. The van der Waals surface area contributed by atoms with Gasteiger partial charge in [-0.1, -0.05) is 27.7 Å². The monoisotopic (exact) mass is 368 g/mol. The molecule has 0 radical (unpaired) electrons. The maximum atomic E-state index is 11.2. The van der Waals surface area contributed by atoms with Crippen LogP contribution in [0.25, 0.3) is 0 Å². The summed E-state index contributed by atoms with van der Waals surface area (Å²) >= 11 is 0. The summed E-state index contributed by atoms with van der Waals surface area (Å²) in [6.07, 6.45) is 3.77. The van der Waals surface area contributed by atoms with Gasteiger partial charge in [0.05, 0.1) is 6.54 Å². The second-order valence-corrected chi connectivity index (χ2v) is 8.03. The van der Waals surface area contributed by atoms with Gasteiger partial charge in [0.1, 0.15) is 5.78 Å². The van der Waals surface area contributed by atoms with Crippen molar-refractivity contribution in [3.8, 4) is 0 Å². The molecule has 0 saturated carbocycles. The Hall–Kier alpha value is -0.490. The van der Waals surface area contributed by atoms with Gasteiger partial charge in [0.15, 0.2) is 0 Å². The minimum atomic E-state index is 0.299. The third-order valence-corrected chi connectivity index (χ3v) is 5.34. The Balaban J connectivity index is 0.00000163. The van der Waals surface area contributed by atoms with E-state index in [1.54, 1.807) is 6.92 Å². The van der Waals surface area contributed by atoms with Gasteiger partial charge in [-0.2, -0.15) is 0 Å². The smallest absolute Gasteiger partial charge is 0.143 e. The van der Waals surface area contributed by atoms with E-state index in [9.17, 15) is 4.79 Å². The van der Waals surface area contributed by atoms with Crippen LogP contribution in [-0.4, -0.2) is 92.0 Å². The van der Waals surface area contributed by atoms with E-state index < -0.39 is 0 Å². The Morgan fingerprint density at radius 2 is 1.54 bits per heavy atom. The molecule has 2 aliphatic rings. The van der Waals surface area contributed by atoms with Crippen molar-refractivity contribution >= 4 is 5.78 Å². The van der Waals surface area contributed by atoms with E-state index in [1.165, 1.54) is 58.5 Å². The van der Waals surface area contributed by atoms with Gasteiger partial charge >= 0.3 is 0 Å². The van der Waals surface area contributed by atoms with Gasteiger partial charge in [-0.25, -0.2) is 0 Å². The third-order valence-electron chi connectivity index (χ3n) is 5.34. The quantitative estimate of drug-likeness (QED) is 0.632. The number of piperazine rings is 1. The first-order valence-electron chi connectivity index (χ1n) is 10.9. The summed E-state index contributed by atoms with van der Waals surface area (Å²) in [5.74, 6) is 1.13. The highest BCUT2D eigenvalue weighted by molar-refractivity contribution is 5.77. The fourth-order valence-corrected chi connectivity index (χ4v) is 3.90. The molecule has 2 fully saturated rings. The highest BCUT2D eigenvalue weighted by Gasteiger charge is 2.24. The van der Waals surface area contributed by atoms with E-state index in [4.69, 9.17) is 0 Å². The van der Waals surface area contributed by atoms with Crippen molar-refractivity contribution in [2.45, 2.75) is 59.9 Å². The minimum Gasteiger partial charge on any atom is -0.314 e. The summed E-state index contributed by atoms with van der Waals surface area (Å²) in [6.45, 7) is 21.5. The van der Waals surface area contributed by atoms with Crippen molar-refractivity contribution in [3.63, 3.8) is 0 Å². The number of hydrogen-bond donors (Lipinski definition) is 1. The molecule has 0 aromatic heterocycles. The summed E-state index contributed by atoms with van der Waals surface area (Å²) in [4.78, 5) is 18.8. The Labute approximate surface area is 162 Å². The molecule has 2 saturated heterocycles. The third kappa shape index (κ3) is 10.0. The number of nitrogens with zero attached hydrogens (tertiary/aromatic N) is 3. The SMILES string of the molecule is CC.CC(=O)CN1CCC(CN2CCN(CCCNC(C)C)CC2)CC1. The molecule has 2 heterocycles. The van der Waals surface area contributed by atoms with Crippen LogP contribution in [0, 0.1) is 5.92 Å². The number of likely N-dealkylation sites (tertiary alicyclic amines) is 1. The predicted octanol–water partition coefficient (Wildman–Crippen LogP) is 2.32.